The number of piperidine rings is 1. The molecule has 136 valence electrons. The van der Waals surface area contributed by atoms with Gasteiger partial charge in [-0.05, 0) is 38.0 Å². The maximum atomic E-state index is 12.8. The third-order valence-electron chi connectivity index (χ3n) is 4.44. The quantitative estimate of drug-likeness (QED) is 0.902. The summed E-state index contributed by atoms with van der Waals surface area (Å²) in [5.41, 5.74) is 0.686. The van der Waals surface area contributed by atoms with Crippen LogP contribution in [-0.2, 0) is 6.18 Å². The van der Waals surface area contributed by atoms with Gasteiger partial charge in [0.1, 0.15) is 18.2 Å². The first-order chi connectivity index (χ1) is 12.4. The molecule has 1 aliphatic heterocycles. The lowest BCUT2D eigenvalue weighted by Crippen LogP contribution is -2.39. The van der Waals surface area contributed by atoms with Crippen LogP contribution in [0.4, 0.5) is 24.7 Å². The highest BCUT2D eigenvalue weighted by Gasteiger charge is 2.32. The minimum Gasteiger partial charge on any atom is -0.370 e. The highest BCUT2D eigenvalue weighted by Crippen LogP contribution is 2.33. The predicted octanol–water partition coefficient (Wildman–Crippen LogP) is 3.76. The molecule has 0 saturated carbocycles. The van der Waals surface area contributed by atoms with Crippen molar-refractivity contribution in [2.75, 3.05) is 23.3 Å². The molecule has 0 aliphatic carbocycles. The molecule has 1 aliphatic rings. The van der Waals surface area contributed by atoms with Crippen molar-refractivity contribution >= 4 is 11.5 Å². The number of benzene rings is 1. The molecule has 0 bridgehead atoms. The van der Waals surface area contributed by atoms with Crippen molar-refractivity contribution in [3.05, 3.63) is 47.4 Å². The summed E-state index contributed by atoms with van der Waals surface area (Å²) in [4.78, 5) is 10.2. The molecule has 26 heavy (non-hydrogen) atoms. The zero-order valence-electron chi connectivity index (χ0n) is 14.2. The molecule has 1 aromatic heterocycles. The molecular weight excluding hydrogens is 343 g/mol. The lowest BCUT2D eigenvalue weighted by molar-refractivity contribution is -0.137. The second-order valence-electron chi connectivity index (χ2n) is 6.29. The smallest absolute Gasteiger partial charge is 0.370 e. The van der Waals surface area contributed by atoms with E-state index < -0.39 is 11.7 Å². The van der Waals surface area contributed by atoms with Crippen molar-refractivity contribution in [1.82, 2.24) is 9.97 Å². The molecular formula is C18H18F3N5. The Morgan fingerprint density at radius 3 is 2.54 bits per heavy atom. The Labute approximate surface area is 149 Å². The normalized spacial score (nSPS) is 15.6. The number of aromatic nitrogens is 2. The van der Waals surface area contributed by atoms with E-state index in [0.29, 0.717) is 18.8 Å². The molecule has 3 rings (SSSR count). The summed E-state index contributed by atoms with van der Waals surface area (Å²) in [5, 5.41) is 12.6. The number of hydrogen-bond donors (Lipinski definition) is 1. The van der Waals surface area contributed by atoms with E-state index in [1.54, 1.807) is 0 Å². The second kappa shape index (κ2) is 7.20. The number of aryl methyl sites for hydroxylation is 1. The van der Waals surface area contributed by atoms with E-state index in [-0.39, 0.29) is 11.6 Å². The molecule has 0 spiro atoms. The SMILES string of the molecule is Cc1cc(NC2CCN(c3ccc(C(F)(F)F)cc3C#N)CC2)ncn1. The van der Waals surface area contributed by atoms with E-state index in [9.17, 15) is 18.4 Å². The zero-order chi connectivity index (χ0) is 18.7. The Hall–Kier alpha value is -2.82. The van der Waals surface area contributed by atoms with Crippen LogP contribution in [0.3, 0.4) is 0 Å². The first kappa shape index (κ1) is 18.0. The van der Waals surface area contributed by atoms with Crippen LogP contribution in [0.25, 0.3) is 0 Å². The van der Waals surface area contributed by atoms with Gasteiger partial charge in [-0.25, -0.2) is 9.97 Å². The monoisotopic (exact) mass is 361 g/mol. The van der Waals surface area contributed by atoms with Crippen LogP contribution in [0.1, 0.15) is 29.7 Å². The summed E-state index contributed by atoms with van der Waals surface area (Å²) in [6, 6.07) is 7.33. The second-order valence-corrected chi connectivity index (χ2v) is 6.29. The van der Waals surface area contributed by atoms with Crippen molar-refractivity contribution in [2.45, 2.75) is 32.0 Å². The third kappa shape index (κ3) is 4.04. The topological polar surface area (TPSA) is 64.8 Å². The van der Waals surface area contributed by atoms with Crippen LogP contribution in [-0.4, -0.2) is 29.1 Å². The maximum absolute atomic E-state index is 12.8. The molecule has 2 heterocycles. The van der Waals surface area contributed by atoms with Crippen molar-refractivity contribution in [3.8, 4) is 6.07 Å². The number of anilines is 2. The first-order valence-corrected chi connectivity index (χ1v) is 8.28. The van der Waals surface area contributed by atoms with Gasteiger partial charge in [-0.2, -0.15) is 18.4 Å². The van der Waals surface area contributed by atoms with E-state index in [0.717, 1.165) is 36.5 Å². The van der Waals surface area contributed by atoms with E-state index >= 15 is 0 Å². The molecule has 2 aromatic rings. The number of nitrogens with zero attached hydrogens (tertiary/aromatic N) is 4. The summed E-state index contributed by atoms with van der Waals surface area (Å²) in [6.07, 6.45) is -1.34. The lowest BCUT2D eigenvalue weighted by Gasteiger charge is -2.34. The summed E-state index contributed by atoms with van der Waals surface area (Å²) in [6.45, 7) is 3.20. The molecule has 0 unspecified atom stereocenters. The third-order valence-corrected chi connectivity index (χ3v) is 4.44. The molecule has 0 radical (unpaired) electrons. The van der Waals surface area contributed by atoms with Crippen LogP contribution >= 0.6 is 0 Å². The molecule has 0 amide bonds. The predicted molar refractivity (Wildman–Crippen MR) is 91.8 cm³/mol. The average Bonchev–Trinajstić information content (AvgIpc) is 2.61. The van der Waals surface area contributed by atoms with Crippen molar-refractivity contribution < 1.29 is 13.2 Å². The van der Waals surface area contributed by atoms with Gasteiger partial charge < -0.3 is 10.2 Å². The summed E-state index contributed by atoms with van der Waals surface area (Å²) in [5.74, 6) is 0.767. The number of halogens is 3. The van der Waals surface area contributed by atoms with Gasteiger partial charge in [-0.15, -0.1) is 0 Å². The average molecular weight is 361 g/mol. The number of hydrogen-bond acceptors (Lipinski definition) is 5. The van der Waals surface area contributed by atoms with Gasteiger partial charge in [0.15, 0.2) is 0 Å². The Morgan fingerprint density at radius 2 is 1.92 bits per heavy atom. The van der Waals surface area contributed by atoms with E-state index in [1.807, 2.05) is 24.0 Å². The molecule has 8 heteroatoms. The Bertz CT molecular complexity index is 820. The minimum absolute atomic E-state index is 0.0534. The molecule has 1 saturated heterocycles. The number of nitrogens with one attached hydrogen (secondary N) is 1. The minimum atomic E-state index is -4.45. The van der Waals surface area contributed by atoms with Crippen LogP contribution in [0.5, 0.6) is 0 Å². The zero-order valence-corrected chi connectivity index (χ0v) is 14.2. The molecule has 0 atom stereocenters. The Kier molecular flexibility index (Phi) is 4.98. The molecule has 1 aromatic carbocycles. The van der Waals surface area contributed by atoms with Crippen LogP contribution < -0.4 is 10.2 Å². The van der Waals surface area contributed by atoms with Crippen LogP contribution in [0.2, 0.25) is 0 Å². The molecule has 5 nitrogen and oxygen atoms in total. The largest absolute Gasteiger partial charge is 0.416 e. The van der Waals surface area contributed by atoms with E-state index in [4.69, 9.17) is 0 Å². The van der Waals surface area contributed by atoms with Gasteiger partial charge >= 0.3 is 6.18 Å². The van der Waals surface area contributed by atoms with Gasteiger partial charge in [0, 0.05) is 30.9 Å². The van der Waals surface area contributed by atoms with Gasteiger partial charge in [0.25, 0.3) is 0 Å². The number of rotatable bonds is 3. The first-order valence-electron chi connectivity index (χ1n) is 8.28. The summed E-state index contributed by atoms with van der Waals surface area (Å²) in [7, 11) is 0. The van der Waals surface area contributed by atoms with Crippen LogP contribution in [0, 0.1) is 18.3 Å². The molecule has 1 fully saturated rings. The fourth-order valence-corrected chi connectivity index (χ4v) is 3.09. The van der Waals surface area contributed by atoms with E-state index in [1.165, 1.54) is 12.4 Å². The summed E-state index contributed by atoms with van der Waals surface area (Å²) < 4.78 is 38.5. The Balaban J connectivity index is 1.67. The standard InChI is InChI=1S/C18H18F3N5/c1-12-8-17(24-11-23-12)25-15-4-6-26(7-5-15)16-3-2-14(18(19,20)21)9-13(16)10-22/h2-3,8-9,11,15H,4-7H2,1H3,(H,23,24,25). The molecule has 1 N–H and O–H groups in total. The fraction of sp³-hybridized carbons (Fsp3) is 0.389. The highest BCUT2D eigenvalue weighted by atomic mass is 19.4. The summed E-state index contributed by atoms with van der Waals surface area (Å²) >= 11 is 0. The number of alkyl halides is 3. The van der Waals surface area contributed by atoms with Gasteiger partial charge in [0.05, 0.1) is 16.8 Å². The van der Waals surface area contributed by atoms with Gasteiger partial charge in [-0.3, -0.25) is 0 Å². The fourth-order valence-electron chi connectivity index (χ4n) is 3.09. The van der Waals surface area contributed by atoms with Crippen LogP contribution in [0.15, 0.2) is 30.6 Å². The van der Waals surface area contributed by atoms with Crippen molar-refractivity contribution in [3.63, 3.8) is 0 Å². The van der Waals surface area contributed by atoms with Gasteiger partial charge in [0.2, 0.25) is 0 Å². The maximum Gasteiger partial charge on any atom is 0.416 e. The van der Waals surface area contributed by atoms with E-state index in [2.05, 4.69) is 15.3 Å². The Morgan fingerprint density at radius 1 is 1.19 bits per heavy atom. The van der Waals surface area contributed by atoms with Gasteiger partial charge in [-0.1, -0.05) is 0 Å². The van der Waals surface area contributed by atoms with Crippen molar-refractivity contribution in [2.24, 2.45) is 0 Å². The highest BCUT2D eigenvalue weighted by molar-refractivity contribution is 5.61. The lowest BCUT2D eigenvalue weighted by atomic mass is 10.0. The van der Waals surface area contributed by atoms with Crippen molar-refractivity contribution in [1.29, 1.82) is 5.26 Å². The number of nitriles is 1.